The van der Waals surface area contributed by atoms with Crippen LogP contribution in [-0.2, 0) is 4.74 Å². The highest BCUT2D eigenvalue weighted by molar-refractivity contribution is 9.10. The molecule has 0 saturated carbocycles. The predicted molar refractivity (Wildman–Crippen MR) is 84.4 cm³/mol. The maximum atomic E-state index is 12.1. The second-order valence-corrected chi connectivity index (χ2v) is 6.92. The van der Waals surface area contributed by atoms with Gasteiger partial charge in [0.05, 0.1) is 4.47 Å². The number of halogens is 1. The molecule has 1 aromatic heterocycles. The molecule has 0 atom stereocenters. The Hall–Kier alpha value is -1.37. The van der Waals surface area contributed by atoms with Gasteiger partial charge in [0.25, 0.3) is 0 Å². The normalized spacial score (nSPS) is 16.6. The molecule has 1 amide bonds. The zero-order valence-corrected chi connectivity index (χ0v) is 14.3. The largest absolute Gasteiger partial charge is 0.444 e. The van der Waals surface area contributed by atoms with Crippen molar-refractivity contribution in [1.82, 2.24) is 14.9 Å². The number of anilines is 1. The van der Waals surface area contributed by atoms with Crippen LogP contribution in [0.4, 0.5) is 10.7 Å². The Balaban J connectivity index is 1.95. The second kappa shape index (κ2) is 6.60. The molecular weight excluding hydrogens is 336 g/mol. The summed E-state index contributed by atoms with van der Waals surface area (Å²) >= 11 is 3.33. The first kappa shape index (κ1) is 16.0. The van der Waals surface area contributed by atoms with Gasteiger partial charge in [0, 0.05) is 38.6 Å². The Kier molecular flexibility index (Phi) is 5.03. The summed E-state index contributed by atoms with van der Waals surface area (Å²) in [5.74, 6) is 0.698. The lowest BCUT2D eigenvalue weighted by atomic mass is 10.2. The van der Waals surface area contributed by atoms with Crippen LogP contribution in [0.5, 0.6) is 0 Å². The molecule has 6 nitrogen and oxygen atoms in total. The third kappa shape index (κ3) is 4.84. The Morgan fingerprint density at radius 1 is 1.19 bits per heavy atom. The fraction of sp³-hybridized carbons (Fsp3) is 0.643. The number of nitrogens with zero attached hydrogens (tertiary/aromatic N) is 4. The van der Waals surface area contributed by atoms with Crippen molar-refractivity contribution in [2.75, 3.05) is 31.1 Å². The average molecular weight is 357 g/mol. The van der Waals surface area contributed by atoms with Crippen LogP contribution in [0, 0.1) is 0 Å². The number of carbonyl (C=O) groups is 1. The van der Waals surface area contributed by atoms with Crippen LogP contribution >= 0.6 is 15.9 Å². The molecule has 0 spiro atoms. The first-order valence-electron chi connectivity index (χ1n) is 7.05. The first-order chi connectivity index (χ1) is 9.85. The van der Waals surface area contributed by atoms with Crippen LogP contribution in [0.2, 0.25) is 0 Å². The summed E-state index contributed by atoms with van der Waals surface area (Å²) < 4.78 is 6.28. The van der Waals surface area contributed by atoms with Gasteiger partial charge in [-0.05, 0) is 43.1 Å². The molecule has 0 aliphatic carbocycles. The van der Waals surface area contributed by atoms with Gasteiger partial charge in [-0.2, -0.15) is 0 Å². The summed E-state index contributed by atoms with van der Waals surface area (Å²) in [4.78, 5) is 24.6. The van der Waals surface area contributed by atoms with E-state index < -0.39 is 5.60 Å². The highest BCUT2D eigenvalue weighted by Crippen LogP contribution is 2.15. The highest BCUT2D eigenvalue weighted by atomic mass is 79.9. The number of aromatic nitrogens is 2. The topological polar surface area (TPSA) is 58.6 Å². The van der Waals surface area contributed by atoms with Gasteiger partial charge >= 0.3 is 6.09 Å². The Bertz CT molecular complexity index is 487. The number of carbonyl (C=O) groups excluding carboxylic acids is 1. The van der Waals surface area contributed by atoms with Gasteiger partial charge in [0.2, 0.25) is 5.95 Å². The molecule has 2 heterocycles. The Morgan fingerprint density at radius 3 is 2.48 bits per heavy atom. The molecule has 0 bridgehead atoms. The maximum absolute atomic E-state index is 12.1. The lowest BCUT2D eigenvalue weighted by molar-refractivity contribution is 0.0263. The van der Waals surface area contributed by atoms with E-state index in [0.717, 1.165) is 17.4 Å². The van der Waals surface area contributed by atoms with Crippen molar-refractivity contribution < 1.29 is 9.53 Å². The zero-order valence-electron chi connectivity index (χ0n) is 12.7. The van der Waals surface area contributed by atoms with Crippen LogP contribution in [0.1, 0.15) is 27.2 Å². The highest BCUT2D eigenvalue weighted by Gasteiger charge is 2.25. The van der Waals surface area contributed by atoms with Crippen molar-refractivity contribution in [3.63, 3.8) is 0 Å². The fourth-order valence-corrected chi connectivity index (χ4v) is 2.30. The molecule has 1 saturated heterocycles. The summed E-state index contributed by atoms with van der Waals surface area (Å²) in [6, 6.07) is 0. The third-order valence-corrected chi connectivity index (χ3v) is 3.45. The molecule has 1 fully saturated rings. The minimum atomic E-state index is -0.460. The molecule has 0 unspecified atom stereocenters. The maximum Gasteiger partial charge on any atom is 0.410 e. The van der Waals surface area contributed by atoms with E-state index >= 15 is 0 Å². The standard InChI is InChI=1S/C14H21BrN4O2/c1-14(2,3)21-13(20)19-6-4-5-18(7-8-19)12-16-9-11(15)10-17-12/h9-10H,4-8H2,1-3H3. The number of hydrogen-bond acceptors (Lipinski definition) is 5. The van der Waals surface area contributed by atoms with Gasteiger partial charge in [0.15, 0.2) is 0 Å². The van der Waals surface area contributed by atoms with Crippen molar-refractivity contribution >= 4 is 28.0 Å². The van der Waals surface area contributed by atoms with Crippen molar-refractivity contribution in [1.29, 1.82) is 0 Å². The lowest BCUT2D eigenvalue weighted by Gasteiger charge is -2.26. The molecule has 0 aromatic carbocycles. The predicted octanol–water partition coefficient (Wildman–Crippen LogP) is 2.69. The first-order valence-corrected chi connectivity index (χ1v) is 7.85. The smallest absolute Gasteiger partial charge is 0.410 e. The summed E-state index contributed by atoms with van der Waals surface area (Å²) in [5, 5.41) is 0. The summed E-state index contributed by atoms with van der Waals surface area (Å²) in [5.41, 5.74) is -0.460. The van der Waals surface area contributed by atoms with Crippen molar-refractivity contribution in [3.05, 3.63) is 16.9 Å². The number of rotatable bonds is 1. The second-order valence-electron chi connectivity index (χ2n) is 6.01. The molecular formula is C14H21BrN4O2. The third-order valence-electron chi connectivity index (χ3n) is 3.04. The van der Waals surface area contributed by atoms with Crippen LogP contribution < -0.4 is 4.90 Å². The van der Waals surface area contributed by atoms with Gasteiger partial charge in [-0.15, -0.1) is 0 Å². The van der Waals surface area contributed by atoms with Crippen LogP contribution in [0.15, 0.2) is 16.9 Å². The lowest BCUT2D eigenvalue weighted by Crippen LogP contribution is -2.39. The SMILES string of the molecule is CC(C)(C)OC(=O)N1CCCN(c2ncc(Br)cn2)CC1. The quantitative estimate of drug-likeness (QED) is 0.774. The molecule has 1 aliphatic rings. The van der Waals surface area contributed by atoms with Crippen LogP contribution in [0.25, 0.3) is 0 Å². The Morgan fingerprint density at radius 2 is 1.86 bits per heavy atom. The molecule has 0 N–H and O–H groups in total. The summed E-state index contributed by atoms with van der Waals surface area (Å²) in [6.45, 7) is 8.50. The van der Waals surface area contributed by atoms with Crippen LogP contribution in [0.3, 0.4) is 0 Å². The summed E-state index contributed by atoms with van der Waals surface area (Å²) in [6.07, 6.45) is 4.09. The molecule has 0 radical (unpaired) electrons. The fourth-order valence-electron chi connectivity index (χ4n) is 2.10. The van der Waals surface area contributed by atoms with Gasteiger partial charge in [-0.3, -0.25) is 0 Å². The molecule has 21 heavy (non-hydrogen) atoms. The molecule has 2 rings (SSSR count). The monoisotopic (exact) mass is 356 g/mol. The van der Waals surface area contributed by atoms with E-state index in [9.17, 15) is 4.79 Å². The van der Waals surface area contributed by atoms with Crippen molar-refractivity contribution in [2.45, 2.75) is 32.8 Å². The number of amides is 1. The van der Waals surface area contributed by atoms with E-state index in [1.807, 2.05) is 20.8 Å². The minimum Gasteiger partial charge on any atom is -0.444 e. The van der Waals surface area contributed by atoms with Gasteiger partial charge in [-0.1, -0.05) is 0 Å². The van der Waals surface area contributed by atoms with E-state index in [1.165, 1.54) is 0 Å². The van der Waals surface area contributed by atoms with Gasteiger partial charge in [0.1, 0.15) is 5.60 Å². The van der Waals surface area contributed by atoms with Gasteiger partial charge in [-0.25, -0.2) is 14.8 Å². The van der Waals surface area contributed by atoms with Crippen molar-refractivity contribution in [3.8, 4) is 0 Å². The van der Waals surface area contributed by atoms with E-state index in [-0.39, 0.29) is 6.09 Å². The molecule has 1 aromatic rings. The Labute approximate surface area is 133 Å². The van der Waals surface area contributed by atoms with Crippen LogP contribution in [-0.4, -0.2) is 52.7 Å². The summed E-state index contributed by atoms with van der Waals surface area (Å²) in [7, 11) is 0. The van der Waals surface area contributed by atoms with E-state index in [1.54, 1.807) is 17.3 Å². The van der Waals surface area contributed by atoms with Gasteiger partial charge < -0.3 is 14.5 Å². The zero-order chi connectivity index (χ0) is 15.5. The van der Waals surface area contributed by atoms with E-state index in [2.05, 4.69) is 30.8 Å². The molecule has 116 valence electrons. The average Bonchev–Trinajstić information content (AvgIpc) is 2.63. The number of ether oxygens (including phenoxy) is 1. The van der Waals surface area contributed by atoms with Crippen molar-refractivity contribution in [2.24, 2.45) is 0 Å². The number of hydrogen-bond donors (Lipinski definition) is 0. The van der Waals surface area contributed by atoms with E-state index in [0.29, 0.717) is 25.6 Å². The molecule has 1 aliphatic heterocycles. The minimum absolute atomic E-state index is 0.249. The van der Waals surface area contributed by atoms with E-state index in [4.69, 9.17) is 4.74 Å². The molecule has 7 heteroatoms.